The van der Waals surface area contributed by atoms with Gasteiger partial charge in [-0.1, -0.05) is 55.9 Å². The summed E-state index contributed by atoms with van der Waals surface area (Å²) in [5, 5.41) is 3.34. The zero-order valence-corrected chi connectivity index (χ0v) is 10.3. The SMILES string of the molecule is CCCc1cc(=S)n(Cc2ccccc2)[nH]1. The van der Waals surface area contributed by atoms with E-state index in [1.165, 1.54) is 11.3 Å². The predicted molar refractivity (Wildman–Crippen MR) is 69.2 cm³/mol. The Hall–Kier alpha value is -1.35. The van der Waals surface area contributed by atoms with E-state index < -0.39 is 0 Å². The number of aromatic amines is 1. The highest BCUT2D eigenvalue weighted by Gasteiger charge is 2.00. The van der Waals surface area contributed by atoms with Crippen LogP contribution in [0.4, 0.5) is 0 Å². The zero-order chi connectivity index (χ0) is 11.4. The molecule has 0 atom stereocenters. The smallest absolute Gasteiger partial charge is 0.122 e. The molecule has 1 aromatic heterocycles. The summed E-state index contributed by atoms with van der Waals surface area (Å²) in [7, 11) is 0. The molecule has 0 unspecified atom stereocenters. The third-order valence-electron chi connectivity index (χ3n) is 2.55. The molecular formula is C13H16N2S. The van der Waals surface area contributed by atoms with E-state index in [0.29, 0.717) is 0 Å². The second-order valence-electron chi connectivity index (χ2n) is 3.94. The highest BCUT2D eigenvalue weighted by Crippen LogP contribution is 2.06. The Morgan fingerprint density at radius 1 is 1.25 bits per heavy atom. The summed E-state index contributed by atoms with van der Waals surface area (Å²) < 4.78 is 2.91. The molecule has 0 aliphatic rings. The Kier molecular flexibility index (Phi) is 3.57. The van der Waals surface area contributed by atoms with Gasteiger partial charge in [0.2, 0.25) is 0 Å². The molecule has 0 radical (unpaired) electrons. The zero-order valence-electron chi connectivity index (χ0n) is 9.44. The lowest BCUT2D eigenvalue weighted by atomic mass is 10.2. The van der Waals surface area contributed by atoms with Crippen LogP contribution in [0.2, 0.25) is 0 Å². The van der Waals surface area contributed by atoms with Crippen molar-refractivity contribution in [2.45, 2.75) is 26.3 Å². The molecule has 3 heteroatoms. The monoisotopic (exact) mass is 232 g/mol. The number of hydrogen-bond acceptors (Lipinski definition) is 1. The van der Waals surface area contributed by atoms with E-state index in [2.05, 4.69) is 42.4 Å². The van der Waals surface area contributed by atoms with E-state index in [9.17, 15) is 0 Å². The molecular weight excluding hydrogens is 216 g/mol. The molecule has 16 heavy (non-hydrogen) atoms. The van der Waals surface area contributed by atoms with Crippen molar-refractivity contribution < 1.29 is 0 Å². The van der Waals surface area contributed by atoms with Crippen LogP contribution in [0, 0.1) is 4.64 Å². The normalized spacial score (nSPS) is 10.6. The number of benzene rings is 1. The van der Waals surface area contributed by atoms with Gasteiger partial charge in [0.1, 0.15) is 4.64 Å². The first-order chi connectivity index (χ1) is 7.79. The molecule has 0 spiro atoms. The van der Waals surface area contributed by atoms with Gasteiger partial charge in [0, 0.05) is 5.69 Å². The van der Waals surface area contributed by atoms with Crippen LogP contribution in [0.1, 0.15) is 24.6 Å². The Labute approximate surface area is 101 Å². The maximum absolute atomic E-state index is 5.32. The van der Waals surface area contributed by atoms with Crippen LogP contribution in [0.5, 0.6) is 0 Å². The number of nitrogens with one attached hydrogen (secondary N) is 1. The minimum atomic E-state index is 0.823. The molecule has 1 N–H and O–H groups in total. The third kappa shape index (κ3) is 2.61. The number of H-pyrrole nitrogens is 1. The molecule has 0 aliphatic carbocycles. The fourth-order valence-corrected chi connectivity index (χ4v) is 2.02. The fraction of sp³-hybridized carbons (Fsp3) is 0.308. The first-order valence-electron chi connectivity index (χ1n) is 5.62. The average Bonchev–Trinajstić information content (AvgIpc) is 2.61. The van der Waals surface area contributed by atoms with Gasteiger partial charge >= 0.3 is 0 Å². The van der Waals surface area contributed by atoms with E-state index >= 15 is 0 Å². The summed E-state index contributed by atoms with van der Waals surface area (Å²) in [4.78, 5) is 0. The highest BCUT2D eigenvalue weighted by atomic mass is 32.1. The van der Waals surface area contributed by atoms with Crippen LogP contribution in [-0.4, -0.2) is 9.78 Å². The van der Waals surface area contributed by atoms with Gasteiger partial charge in [-0.25, -0.2) is 0 Å². The lowest BCUT2D eigenvalue weighted by Crippen LogP contribution is -2.02. The van der Waals surface area contributed by atoms with Crippen molar-refractivity contribution in [3.63, 3.8) is 0 Å². The molecule has 2 nitrogen and oxygen atoms in total. The van der Waals surface area contributed by atoms with Crippen LogP contribution >= 0.6 is 12.2 Å². The lowest BCUT2D eigenvalue weighted by Gasteiger charge is -2.03. The van der Waals surface area contributed by atoms with Gasteiger partial charge in [-0.2, -0.15) is 0 Å². The van der Waals surface area contributed by atoms with Crippen molar-refractivity contribution in [3.8, 4) is 0 Å². The van der Waals surface area contributed by atoms with Crippen molar-refractivity contribution in [1.29, 1.82) is 0 Å². The van der Waals surface area contributed by atoms with Crippen molar-refractivity contribution in [1.82, 2.24) is 9.78 Å². The average molecular weight is 232 g/mol. The topological polar surface area (TPSA) is 20.7 Å². The molecule has 2 aromatic rings. The summed E-state index contributed by atoms with van der Waals surface area (Å²) in [6.45, 7) is 2.99. The maximum Gasteiger partial charge on any atom is 0.122 e. The van der Waals surface area contributed by atoms with Gasteiger partial charge in [-0.15, -0.1) is 0 Å². The van der Waals surface area contributed by atoms with Crippen LogP contribution < -0.4 is 0 Å². The number of nitrogens with zero attached hydrogens (tertiary/aromatic N) is 1. The second-order valence-corrected chi connectivity index (χ2v) is 4.36. The molecule has 0 bridgehead atoms. The van der Waals surface area contributed by atoms with E-state index in [4.69, 9.17) is 12.2 Å². The van der Waals surface area contributed by atoms with Gasteiger partial charge in [-0.3, -0.25) is 4.68 Å². The van der Waals surface area contributed by atoms with Crippen LogP contribution in [0.25, 0.3) is 0 Å². The third-order valence-corrected chi connectivity index (χ3v) is 2.88. The van der Waals surface area contributed by atoms with Gasteiger partial charge < -0.3 is 5.10 Å². The Balaban J connectivity index is 2.19. The Morgan fingerprint density at radius 3 is 2.69 bits per heavy atom. The fourth-order valence-electron chi connectivity index (χ4n) is 1.77. The molecule has 0 amide bonds. The van der Waals surface area contributed by atoms with Crippen LogP contribution in [0.15, 0.2) is 36.4 Å². The standard InChI is InChI=1S/C13H16N2S/c1-2-6-12-9-13(16)15(14-12)10-11-7-4-3-5-8-11/h3-5,7-9,14H,2,6,10H2,1H3. The minimum Gasteiger partial charge on any atom is -0.301 e. The summed E-state index contributed by atoms with van der Waals surface area (Å²) in [6.07, 6.45) is 2.20. The minimum absolute atomic E-state index is 0.823. The molecule has 0 fully saturated rings. The quantitative estimate of drug-likeness (QED) is 0.800. The summed E-state index contributed by atoms with van der Waals surface area (Å²) in [5.41, 5.74) is 2.49. The Morgan fingerprint density at radius 2 is 2.00 bits per heavy atom. The molecule has 1 aromatic carbocycles. The molecule has 0 saturated heterocycles. The summed E-state index contributed by atoms with van der Waals surface area (Å²) in [6, 6.07) is 12.4. The van der Waals surface area contributed by atoms with Crippen molar-refractivity contribution in [3.05, 3.63) is 52.3 Å². The van der Waals surface area contributed by atoms with E-state index in [-0.39, 0.29) is 0 Å². The van der Waals surface area contributed by atoms with Crippen molar-refractivity contribution >= 4 is 12.2 Å². The number of aryl methyl sites for hydroxylation is 1. The maximum atomic E-state index is 5.32. The van der Waals surface area contributed by atoms with Crippen LogP contribution in [0.3, 0.4) is 0 Å². The first kappa shape index (κ1) is 11.1. The van der Waals surface area contributed by atoms with E-state index in [0.717, 1.165) is 24.0 Å². The lowest BCUT2D eigenvalue weighted by molar-refractivity contribution is 0.660. The summed E-state index contributed by atoms with van der Waals surface area (Å²) in [5.74, 6) is 0. The second kappa shape index (κ2) is 5.12. The van der Waals surface area contributed by atoms with E-state index in [1.54, 1.807) is 0 Å². The molecule has 2 rings (SSSR count). The number of rotatable bonds is 4. The van der Waals surface area contributed by atoms with Gasteiger partial charge in [-0.05, 0) is 18.1 Å². The highest BCUT2D eigenvalue weighted by molar-refractivity contribution is 7.71. The number of hydrogen-bond donors (Lipinski definition) is 1. The molecule has 84 valence electrons. The predicted octanol–water partition coefficient (Wildman–Crippen LogP) is 3.55. The molecule has 0 aliphatic heterocycles. The largest absolute Gasteiger partial charge is 0.301 e. The molecule has 1 heterocycles. The number of aromatic nitrogens is 2. The molecule has 0 saturated carbocycles. The summed E-state index contributed by atoms with van der Waals surface area (Å²) >= 11 is 5.32. The van der Waals surface area contributed by atoms with Gasteiger partial charge in [0.25, 0.3) is 0 Å². The Bertz CT molecular complexity index is 496. The van der Waals surface area contributed by atoms with Gasteiger partial charge in [0.05, 0.1) is 6.54 Å². The first-order valence-corrected chi connectivity index (χ1v) is 6.03. The van der Waals surface area contributed by atoms with E-state index in [1.807, 2.05) is 10.7 Å². The van der Waals surface area contributed by atoms with Crippen LogP contribution in [-0.2, 0) is 13.0 Å². The van der Waals surface area contributed by atoms with Crippen molar-refractivity contribution in [2.75, 3.05) is 0 Å². The van der Waals surface area contributed by atoms with Gasteiger partial charge in [0.15, 0.2) is 0 Å². The van der Waals surface area contributed by atoms with Crippen molar-refractivity contribution in [2.24, 2.45) is 0 Å².